The number of thioether (sulfide) groups is 1. The minimum atomic E-state index is -1.05. The van der Waals surface area contributed by atoms with Crippen LogP contribution in [-0.4, -0.2) is 196 Å². The van der Waals surface area contributed by atoms with E-state index in [-0.39, 0.29) is 82.8 Å². The van der Waals surface area contributed by atoms with Gasteiger partial charge in [-0.05, 0) is 6.92 Å². The first kappa shape index (κ1) is 51.7. The molecule has 0 radical (unpaired) electrons. The van der Waals surface area contributed by atoms with Gasteiger partial charge in [-0.1, -0.05) is 0 Å². The number of hydrogen-bond acceptors (Lipinski definition) is 16. The number of carbonyl (C=O) groups excluding carboxylic acids is 7. The molecular weight excluding hydrogens is 774 g/mol. The summed E-state index contributed by atoms with van der Waals surface area (Å²) >= 11 is 1.15. The van der Waals surface area contributed by atoms with E-state index in [1.165, 1.54) is 6.92 Å². The quantitative estimate of drug-likeness (QED) is 0.0304. The summed E-state index contributed by atoms with van der Waals surface area (Å²) < 4.78 is 42.7. The van der Waals surface area contributed by atoms with E-state index in [0.717, 1.165) is 22.9 Å². The molecule has 0 spiro atoms. The topological polar surface area (TPSA) is 245 Å². The molecule has 57 heavy (non-hydrogen) atoms. The van der Waals surface area contributed by atoms with Gasteiger partial charge in [0.25, 0.3) is 0 Å². The lowest BCUT2D eigenvalue weighted by Crippen LogP contribution is -2.53. The second kappa shape index (κ2) is 35.8. The van der Waals surface area contributed by atoms with Gasteiger partial charge < -0.3 is 64.0 Å². The van der Waals surface area contributed by atoms with Crippen molar-refractivity contribution in [3.8, 4) is 0 Å². The third-order valence-electron chi connectivity index (χ3n) is 7.55. The van der Waals surface area contributed by atoms with E-state index in [4.69, 9.17) is 37.9 Å². The van der Waals surface area contributed by atoms with E-state index in [9.17, 15) is 33.6 Å². The van der Waals surface area contributed by atoms with Gasteiger partial charge in [-0.25, -0.2) is 0 Å². The van der Waals surface area contributed by atoms with Crippen LogP contribution in [0.2, 0.25) is 0 Å². The van der Waals surface area contributed by atoms with E-state index in [2.05, 4.69) is 21.3 Å². The van der Waals surface area contributed by atoms with Crippen LogP contribution < -0.4 is 21.3 Å². The molecule has 0 aromatic carbocycles. The fourth-order valence-corrected chi connectivity index (χ4v) is 5.78. The molecule has 1 fully saturated rings. The molecule has 1 heterocycles. The van der Waals surface area contributed by atoms with E-state index in [1.54, 1.807) is 0 Å². The zero-order chi connectivity index (χ0) is 41.8. The Morgan fingerprint density at radius 1 is 0.702 bits per heavy atom. The monoisotopic (exact) mass is 837 g/mol. The molecule has 0 bridgehead atoms. The Hall–Kier alpha value is -3.28. The zero-order valence-corrected chi connectivity index (χ0v) is 34.2. The van der Waals surface area contributed by atoms with Crippen molar-refractivity contribution in [3.63, 3.8) is 0 Å². The number of aldehydes is 1. The Morgan fingerprint density at radius 3 is 1.74 bits per heavy atom. The number of ether oxygens (including phenoxy) is 8. The van der Waals surface area contributed by atoms with Gasteiger partial charge in [0.15, 0.2) is 0 Å². The molecule has 4 N–H and O–H groups in total. The first-order chi connectivity index (χ1) is 27.7. The van der Waals surface area contributed by atoms with Gasteiger partial charge in [0.1, 0.15) is 12.3 Å². The normalized spacial score (nSPS) is 14.4. The van der Waals surface area contributed by atoms with Crippen LogP contribution >= 0.6 is 11.8 Å². The summed E-state index contributed by atoms with van der Waals surface area (Å²) in [5.74, 6) is -2.31. The van der Waals surface area contributed by atoms with Crippen LogP contribution in [0.4, 0.5) is 0 Å². The summed E-state index contributed by atoms with van der Waals surface area (Å²) in [5, 5.41) is 9.80. The molecule has 1 rings (SSSR count). The van der Waals surface area contributed by atoms with Crippen molar-refractivity contribution >= 4 is 53.5 Å². The Kier molecular flexibility index (Phi) is 32.5. The van der Waals surface area contributed by atoms with Gasteiger partial charge in [-0.3, -0.25) is 33.7 Å². The summed E-state index contributed by atoms with van der Waals surface area (Å²) in [7, 11) is 0. The second-order valence-electron chi connectivity index (χ2n) is 12.1. The van der Waals surface area contributed by atoms with Crippen molar-refractivity contribution in [2.24, 2.45) is 0 Å². The standard InChI is InChI=1S/C36H63N5O15S/c1-3-49-14-15-53-22-23-55-20-17-51-12-7-37-32(44)5-9-41-34(46)27-31(36(41)48)57-26-6-33(45)40-30(28-39-29(2)43)35(47)38-8-13-52-18-21-56-25-24-54-19-16-50-11-4-10-42/h10,30-31H,3-9,11-28H2,1-2H3,(H,37,44)(H,38,47)(H,39,43)(H,40,45). The van der Waals surface area contributed by atoms with Gasteiger partial charge >= 0.3 is 0 Å². The van der Waals surface area contributed by atoms with E-state index < -0.39 is 34.9 Å². The van der Waals surface area contributed by atoms with Crippen molar-refractivity contribution in [1.82, 2.24) is 26.2 Å². The fraction of sp³-hybridized carbons (Fsp3) is 0.806. The van der Waals surface area contributed by atoms with Crippen molar-refractivity contribution in [3.05, 3.63) is 0 Å². The van der Waals surface area contributed by atoms with Gasteiger partial charge in [0.05, 0.1) is 104 Å². The third kappa shape index (κ3) is 28.7. The molecule has 20 nitrogen and oxygen atoms in total. The number of amides is 6. The Bertz CT molecular complexity index is 1160. The SMILES string of the molecule is CCOCCOCCOCCOCCNC(=O)CCN1C(=O)CC(SCCC(=O)NC(CNC(C)=O)C(=O)NCCOCCOCCOCCOCCC=O)C1=O. The van der Waals surface area contributed by atoms with Gasteiger partial charge in [0, 0.05) is 71.1 Å². The second-order valence-corrected chi connectivity index (χ2v) is 13.4. The maximum atomic E-state index is 12.9. The van der Waals surface area contributed by atoms with Gasteiger partial charge in [0.2, 0.25) is 35.4 Å². The summed E-state index contributed by atoms with van der Waals surface area (Å²) in [6.07, 6.45) is 1.01. The van der Waals surface area contributed by atoms with Crippen molar-refractivity contribution < 1.29 is 71.5 Å². The Labute approximate surface area is 339 Å². The van der Waals surface area contributed by atoms with Crippen LogP contribution in [0.3, 0.4) is 0 Å². The van der Waals surface area contributed by atoms with E-state index in [0.29, 0.717) is 92.3 Å². The highest BCUT2D eigenvalue weighted by atomic mass is 32.2. The molecule has 2 unspecified atom stereocenters. The minimum absolute atomic E-state index is 0.0426. The molecule has 0 aromatic rings. The summed E-state index contributed by atoms with van der Waals surface area (Å²) in [4.78, 5) is 85.9. The summed E-state index contributed by atoms with van der Waals surface area (Å²) in [5.41, 5.74) is 0. The molecule has 1 saturated heterocycles. The number of imide groups is 1. The third-order valence-corrected chi connectivity index (χ3v) is 8.76. The molecule has 0 aromatic heterocycles. The first-order valence-electron chi connectivity index (χ1n) is 19.3. The van der Waals surface area contributed by atoms with Crippen molar-refractivity contribution in [1.29, 1.82) is 0 Å². The smallest absolute Gasteiger partial charge is 0.244 e. The number of likely N-dealkylation sites (tertiary alicyclic amines) is 1. The Morgan fingerprint density at radius 2 is 1.21 bits per heavy atom. The number of nitrogens with zero attached hydrogens (tertiary/aromatic N) is 1. The van der Waals surface area contributed by atoms with Gasteiger partial charge in [-0.2, -0.15) is 0 Å². The average molecular weight is 838 g/mol. The summed E-state index contributed by atoms with van der Waals surface area (Å²) in [6.45, 7) is 9.83. The number of nitrogens with one attached hydrogen (secondary N) is 4. The van der Waals surface area contributed by atoms with Crippen molar-refractivity contribution in [2.45, 2.75) is 50.8 Å². The minimum Gasteiger partial charge on any atom is -0.379 e. The number of rotatable bonds is 39. The largest absolute Gasteiger partial charge is 0.379 e. The van der Waals surface area contributed by atoms with E-state index >= 15 is 0 Å². The average Bonchev–Trinajstić information content (AvgIpc) is 3.46. The molecule has 2 atom stereocenters. The molecule has 1 aliphatic heterocycles. The van der Waals surface area contributed by atoms with Crippen LogP contribution in [0, 0.1) is 0 Å². The first-order valence-corrected chi connectivity index (χ1v) is 20.3. The highest BCUT2D eigenvalue weighted by Gasteiger charge is 2.38. The van der Waals surface area contributed by atoms with Crippen LogP contribution in [0.1, 0.15) is 39.5 Å². The van der Waals surface area contributed by atoms with Crippen LogP contribution in [0.5, 0.6) is 0 Å². The van der Waals surface area contributed by atoms with Crippen LogP contribution in [0.15, 0.2) is 0 Å². The van der Waals surface area contributed by atoms with E-state index in [1.807, 2.05) is 6.92 Å². The van der Waals surface area contributed by atoms with Gasteiger partial charge in [-0.15, -0.1) is 11.8 Å². The fourth-order valence-electron chi connectivity index (χ4n) is 4.66. The molecule has 1 aliphatic rings. The molecule has 21 heteroatoms. The summed E-state index contributed by atoms with van der Waals surface area (Å²) in [6, 6.07) is -1.05. The molecule has 6 amide bonds. The Balaban J connectivity index is 2.21. The predicted octanol–water partition coefficient (Wildman–Crippen LogP) is -1.78. The number of carbonyl (C=O) groups is 7. The zero-order valence-electron chi connectivity index (χ0n) is 33.4. The van der Waals surface area contributed by atoms with Crippen molar-refractivity contribution in [2.75, 3.05) is 138 Å². The lowest BCUT2D eigenvalue weighted by Gasteiger charge is -2.19. The van der Waals surface area contributed by atoms with Crippen LogP contribution in [0.25, 0.3) is 0 Å². The molecule has 328 valence electrons. The predicted molar refractivity (Wildman–Crippen MR) is 206 cm³/mol. The highest BCUT2D eigenvalue weighted by molar-refractivity contribution is 8.00. The highest BCUT2D eigenvalue weighted by Crippen LogP contribution is 2.25. The lowest BCUT2D eigenvalue weighted by atomic mass is 10.2. The lowest BCUT2D eigenvalue weighted by molar-refractivity contribution is -0.138. The maximum Gasteiger partial charge on any atom is 0.244 e. The van der Waals surface area contributed by atoms with Crippen LogP contribution in [-0.2, 0) is 71.5 Å². The maximum absolute atomic E-state index is 12.9. The molecular formula is C36H63N5O15S. The molecule has 0 saturated carbocycles. The number of hydrogen-bond donors (Lipinski definition) is 4. The molecule has 0 aliphatic carbocycles.